The number of nitrogens with one attached hydrogen (secondary N) is 1. The molecule has 0 atom stereocenters. The summed E-state index contributed by atoms with van der Waals surface area (Å²) in [5.74, 6) is 0. The first-order chi connectivity index (χ1) is 9.85. The molecule has 0 aliphatic heterocycles. The van der Waals surface area contributed by atoms with Crippen LogP contribution in [-0.4, -0.2) is 8.42 Å². The zero-order valence-corrected chi connectivity index (χ0v) is 15.1. The third kappa shape index (κ3) is 3.81. The summed E-state index contributed by atoms with van der Waals surface area (Å²) in [6, 6.07) is 9.88. The van der Waals surface area contributed by atoms with E-state index < -0.39 is 10.0 Å². The van der Waals surface area contributed by atoms with Crippen LogP contribution in [0.2, 0.25) is 10.0 Å². The largest absolute Gasteiger partial charge is 0.326 e. The molecule has 21 heavy (non-hydrogen) atoms. The molecule has 0 unspecified atom stereocenters. The van der Waals surface area contributed by atoms with Crippen LogP contribution in [0.4, 0.5) is 5.69 Å². The van der Waals surface area contributed by atoms with Gasteiger partial charge in [-0.3, -0.25) is 4.72 Å². The normalized spacial score (nSPS) is 11.4. The lowest BCUT2D eigenvalue weighted by molar-refractivity contribution is 0.601. The number of halogens is 3. The summed E-state index contributed by atoms with van der Waals surface area (Å²) >= 11 is 14.1. The van der Waals surface area contributed by atoms with Crippen LogP contribution >= 0.6 is 45.8 Å². The number of hydrogen-bond acceptors (Lipinski definition) is 3. The number of rotatable bonds is 4. The molecule has 8 heteroatoms. The van der Waals surface area contributed by atoms with Crippen LogP contribution in [0.5, 0.6) is 0 Å². The first kappa shape index (κ1) is 16.8. The molecule has 0 aliphatic rings. The zero-order valence-electron chi connectivity index (χ0n) is 10.6. The number of hydrogen-bond donors (Lipinski definition) is 2. The summed E-state index contributed by atoms with van der Waals surface area (Å²) in [6.07, 6.45) is 0. The van der Waals surface area contributed by atoms with Crippen molar-refractivity contribution in [2.45, 2.75) is 11.4 Å². The highest BCUT2D eigenvalue weighted by atomic mass is 127. The number of benzene rings is 2. The van der Waals surface area contributed by atoms with Gasteiger partial charge in [-0.25, -0.2) is 8.42 Å². The van der Waals surface area contributed by atoms with Gasteiger partial charge in [-0.1, -0.05) is 35.3 Å². The van der Waals surface area contributed by atoms with Gasteiger partial charge in [0.2, 0.25) is 0 Å². The van der Waals surface area contributed by atoms with E-state index in [9.17, 15) is 8.42 Å². The fourth-order valence-corrected chi connectivity index (χ4v) is 4.43. The van der Waals surface area contributed by atoms with Crippen molar-refractivity contribution in [2.24, 2.45) is 5.73 Å². The second-order valence-electron chi connectivity index (χ2n) is 4.17. The Bertz CT molecular complexity index is 782. The average molecular weight is 457 g/mol. The van der Waals surface area contributed by atoms with Crippen molar-refractivity contribution in [3.05, 3.63) is 55.6 Å². The van der Waals surface area contributed by atoms with Crippen molar-refractivity contribution in [1.29, 1.82) is 0 Å². The van der Waals surface area contributed by atoms with Crippen LogP contribution in [0, 0.1) is 3.57 Å². The SMILES string of the molecule is NCc1cc(Cl)cc(S(=O)(=O)Nc2ccccc2I)c1Cl. The lowest BCUT2D eigenvalue weighted by atomic mass is 10.2. The van der Waals surface area contributed by atoms with Crippen LogP contribution in [0.1, 0.15) is 5.56 Å². The zero-order chi connectivity index (χ0) is 15.6. The molecule has 4 nitrogen and oxygen atoms in total. The molecule has 0 heterocycles. The number of anilines is 1. The van der Waals surface area contributed by atoms with Gasteiger partial charge in [0, 0.05) is 15.1 Å². The van der Waals surface area contributed by atoms with Crippen molar-refractivity contribution in [2.75, 3.05) is 4.72 Å². The van der Waals surface area contributed by atoms with Gasteiger partial charge in [0.1, 0.15) is 4.90 Å². The summed E-state index contributed by atoms with van der Waals surface area (Å²) in [5.41, 5.74) is 6.50. The van der Waals surface area contributed by atoms with E-state index in [1.165, 1.54) is 6.07 Å². The average Bonchev–Trinajstić information content (AvgIpc) is 2.43. The predicted molar refractivity (Wildman–Crippen MR) is 94.3 cm³/mol. The van der Waals surface area contributed by atoms with E-state index in [0.717, 1.165) is 3.57 Å². The number of para-hydroxylation sites is 1. The molecule has 0 spiro atoms. The minimum Gasteiger partial charge on any atom is -0.326 e. The maximum atomic E-state index is 12.5. The van der Waals surface area contributed by atoms with Crippen molar-refractivity contribution in [3.8, 4) is 0 Å². The molecule has 0 aromatic heterocycles. The Morgan fingerprint density at radius 1 is 1.19 bits per heavy atom. The molecule has 0 bridgehead atoms. The quantitative estimate of drug-likeness (QED) is 0.686. The van der Waals surface area contributed by atoms with Crippen molar-refractivity contribution < 1.29 is 8.42 Å². The fraction of sp³-hybridized carbons (Fsp3) is 0.0769. The van der Waals surface area contributed by atoms with Crippen LogP contribution in [0.3, 0.4) is 0 Å². The van der Waals surface area contributed by atoms with E-state index in [1.54, 1.807) is 24.3 Å². The monoisotopic (exact) mass is 456 g/mol. The molecule has 2 aromatic rings. The van der Waals surface area contributed by atoms with Gasteiger partial charge >= 0.3 is 0 Å². The Balaban J connectivity index is 2.50. The highest BCUT2D eigenvalue weighted by Crippen LogP contribution is 2.31. The number of sulfonamides is 1. The Labute approximate surface area is 146 Å². The lowest BCUT2D eigenvalue weighted by Crippen LogP contribution is -2.15. The van der Waals surface area contributed by atoms with Crippen LogP contribution in [0.15, 0.2) is 41.3 Å². The topological polar surface area (TPSA) is 72.2 Å². The van der Waals surface area contributed by atoms with Gasteiger partial charge < -0.3 is 5.73 Å². The van der Waals surface area contributed by atoms with Crippen molar-refractivity contribution >= 4 is 61.5 Å². The second kappa shape index (κ2) is 6.70. The van der Waals surface area contributed by atoms with Gasteiger partial charge in [-0.15, -0.1) is 0 Å². The first-order valence-corrected chi connectivity index (χ1v) is 9.12. The Hall–Kier alpha value is -0.540. The van der Waals surface area contributed by atoms with Crippen LogP contribution in [-0.2, 0) is 16.6 Å². The minimum atomic E-state index is -3.85. The lowest BCUT2D eigenvalue weighted by Gasteiger charge is -2.13. The van der Waals surface area contributed by atoms with Gasteiger partial charge in [0.15, 0.2) is 0 Å². The smallest absolute Gasteiger partial charge is 0.263 e. The molecular weight excluding hydrogens is 446 g/mol. The predicted octanol–water partition coefficient (Wildman–Crippen LogP) is 3.86. The molecule has 0 saturated heterocycles. The van der Waals surface area contributed by atoms with Gasteiger partial charge in [0.05, 0.1) is 10.7 Å². The van der Waals surface area contributed by atoms with Crippen LogP contribution < -0.4 is 10.5 Å². The summed E-state index contributed by atoms with van der Waals surface area (Å²) in [5, 5.41) is 0.350. The molecule has 0 amide bonds. The molecule has 0 saturated carbocycles. The third-order valence-electron chi connectivity index (χ3n) is 2.71. The maximum Gasteiger partial charge on any atom is 0.263 e. The minimum absolute atomic E-state index is 0.0836. The summed E-state index contributed by atoms with van der Waals surface area (Å²) in [6.45, 7) is 0.102. The molecule has 3 N–H and O–H groups in total. The van der Waals surface area contributed by atoms with Gasteiger partial charge in [-0.05, 0) is 52.4 Å². The highest BCUT2D eigenvalue weighted by Gasteiger charge is 2.21. The van der Waals surface area contributed by atoms with Gasteiger partial charge in [-0.2, -0.15) is 0 Å². The second-order valence-corrected chi connectivity index (χ2v) is 7.79. The highest BCUT2D eigenvalue weighted by molar-refractivity contribution is 14.1. The van der Waals surface area contributed by atoms with Crippen molar-refractivity contribution in [1.82, 2.24) is 0 Å². The first-order valence-electron chi connectivity index (χ1n) is 5.80. The van der Waals surface area contributed by atoms with E-state index in [4.69, 9.17) is 28.9 Å². The van der Waals surface area contributed by atoms with E-state index in [0.29, 0.717) is 11.3 Å². The third-order valence-corrected chi connectivity index (χ3v) is 5.81. The van der Waals surface area contributed by atoms with Crippen molar-refractivity contribution in [3.63, 3.8) is 0 Å². The molecular formula is C13H11Cl2IN2O2S. The molecule has 0 radical (unpaired) electrons. The molecule has 2 aromatic carbocycles. The summed E-state index contributed by atoms with van der Waals surface area (Å²) < 4.78 is 28.3. The maximum absolute atomic E-state index is 12.5. The molecule has 0 aliphatic carbocycles. The van der Waals surface area contributed by atoms with E-state index in [2.05, 4.69) is 4.72 Å². The number of nitrogens with two attached hydrogens (primary N) is 1. The Morgan fingerprint density at radius 2 is 1.86 bits per heavy atom. The fourth-order valence-electron chi connectivity index (χ4n) is 1.71. The standard InChI is InChI=1S/C13H11Cl2IN2O2S/c14-9-5-8(7-17)13(15)12(6-9)21(19,20)18-11-4-2-1-3-10(11)16/h1-6,18H,7,17H2. The molecule has 112 valence electrons. The molecule has 0 fully saturated rings. The van der Waals surface area contributed by atoms with E-state index >= 15 is 0 Å². The molecule has 2 rings (SSSR count). The van der Waals surface area contributed by atoms with Crippen LogP contribution in [0.25, 0.3) is 0 Å². The van der Waals surface area contributed by atoms with E-state index in [-0.39, 0.29) is 21.5 Å². The summed E-state index contributed by atoms with van der Waals surface area (Å²) in [4.78, 5) is -0.0863. The van der Waals surface area contributed by atoms with Gasteiger partial charge in [0.25, 0.3) is 10.0 Å². The Morgan fingerprint density at radius 3 is 2.48 bits per heavy atom. The Kier molecular flexibility index (Phi) is 5.37. The summed E-state index contributed by atoms with van der Waals surface area (Å²) in [7, 11) is -3.85. The van der Waals surface area contributed by atoms with E-state index in [1.807, 2.05) is 28.7 Å².